The Bertz CT molecular complexity index is 1930. The first kappa shape index (κ1) is 48.5. The van der Waals surface area contributed by atoms with Gasteiger partial charge in [-0.2, -0.15) is 0 Å². The SMILES string of the molecule is C=C(C)[C@@]12OC3(/C=C/C=C/C=C/CCC)O[C@@H]1[C@H]1C=C(COC(=O)CCCCCCCCCCCCCCC)[C@@H](O)[C@]4(O)C(=O)C(C)=C[C@H]4[C@@]1(O3)[C@@H](C)[C@H]2OC(=O)c1ccccc1. The Balaban J connectivity index is 1.26. The van der Waals surface area contributed by atoms with Crippen molar-refractivity contribution in [1.82, 2.24) is 0 Å². The Hall–Kier alpha value is -3.93. The Morgan fingerprint density at radius 1 is 0.857 bits per heavy atom. The molecule has 2 aliphatic heterocycles. The molecule has 344 valence electrons. The van der Waals surface area contributed by atoms with Crippen LogP contribution in [0.2, 0.25) is 0 Å². The van der Waals surface area contributed by atoms with E-state index in [1.54, 1.807) is 68.5 Å². The lowest BCUT2D eigenvalue weighted by molar-refractivity contribution is -0.400. The van der Waals surface area contributed by atoms with Crippen LogP contribution in [0.4, 0.5) is 0 Å². The number of Topliss-reactive ketones (excluding diaryl/α,β-unsaturated/α-hetero) is 1. The number of carbonyl (C=O) groups excluding carboxylic acids is 3. The lowest BCUT2D eigenvalue weighted by atomic mass is 9.53. The maximum absolute atomic E-state index is 14.2. The molecule has 1 aromatic carbocycles. The van der Waals surface area contributed by atoms with Gasteiger partial charge in [0.1, 0.15) is 24.9 Å². The molecule has 6 rings (SSSR count). The maximum atomic E-state index is 14.2. The predicted molar refractivity (Wildman–Crippen MR) is 243 cm³/mol. The first-order valence-electron chi connectivity index (χ1n) is 23.8. The lowest BCUT2D eigenvalue weighted by Gasteiger charge is -2.60. The summed E-state index contributed by atoms with van der Waals surface area (Å²) >= 11 is 0. The number of hydrogen-bond acceptors (Lipinski definition) is 10. The number of unbranched alkanes of at least 4 members (excludes halogenated alkanes) is 13. The van der Waals surface area contributed by atoms with E-state index in [9.17, 15) is 24.6 Å². The maximum Gasteiger partial charge on any atom is 0.338 e. The highest BCUT2D eigenvalue weighted by Crippen LogP contribution is 2.69. The summed E-state index contributed by atoms with van der Waals surface area (Å²) in [5.41, 5.74) is -4.27. The van der Waals surface area contributed by atoms with E-state index in [1.165, 1.54) is 57.8 Å². The smallest absolute Gasteiger partial charge is 0.338 e. The van der Waals surface area contributed by atoms with Crippen LogP contribution >= 0.6 is 0 Å². The van der Waals surface area contributed by atoms with Crippen LogP contribution in [-0.4, -0.2) is 75.6 Å². The minimum absolute atomic E-state index is 0.149. The molecule has 10 nitrogen and oxygen atoms in total. The Labute approximate surface area is 375 Å². The number of benzene rings is 1. The highest BCUT2D eigenvalue weighted by Gasteiger charge is 2.83. The van der Waals surface area contributed by atoms with Crippen LogP contribution in [0.3, 0.4) is 0 Å². The fourth-order valence-electron chi connectivity index (χ4n) is 10.7. The van der Waals surface area contributed by atoms with Gasteiger partial charge in [-0.3, -0.25) is 9.59 Å². The van der Waals surface area contributed by atoms with Crippen molar-refractivity contribution in [3.63, 3.8) is 0 Å². The molecular weight excluding hydrogens is 797 g/mol. The van der Waals surface area contributed by atoms with Gasteiger partial charge in [0.2, 0.25) is 0 Å². The second-order valence-electron chi connectivity index (χ2n) is 18.5. The molecule has 1 unspecified atom stereocenters. The number of ketones is 1. The van der Waals surface area contributed by atoms with Crippen molar-refractivity contribution in [2.45, 2.75) is 178 Å². The number of ether oxygens (including phenoxy) is 5. The van der Waals surface area contributed by atoms with E-state index in [-0.39, 0.29) is 24.2 Å². The van der Waals surface area contributed by atoms with Gasteiger partial charge < -0.3 is 33.9 Å². The highest BCUT2D eigenvalue weighted by atomic mass is 16.9. The van der Waals surface area contributed by atoms with Crippen molar-refractivity contribution in [3.05, 3.63) is 108 Å². The normalized spacial score (nSPS) is 33.1. The molecule has 2 saturated heterocycles. The quantitative estimate of drug-likeness (QED) is 0.0447. The summed E-state index contributed by atoms with van der Waals surface area (Å²) in [7, 11) is 0. The van der Waals surface area contributed by atoms with Gasteiger partial charge >= 0.3 is 17.9 Å². The van der Waals surface area contributed by atoms with Crippen LogP contribution in [0.5, 0.6) is 0 Å². The number of fused-ring (bicyclic) bond motifs is 2. The molecule has 3 bridgehead atoms. The molecule has 0 spiro atoms. The molecule has 3 aliphatic carbocycles. The van der Waals surface area contributed by atoms with E-state index in [0.717, 1.165) is 32.1 Å². The van der Waals surface area contributed by atoms with Crippen molar-refractivity contribution in [1.29, 1.82) is 0 Å². The van der Waals surface area contributed by atoms with Crippen LogP contribution in [0.1, 0.15) is 148 Å². The van der Waals surface area contributed by atoms with Crippen molar-refractivity contribution in [2.75, 3.05) is 6.61 Å². The molecule has 0 radical (unpaired) electrons. The number of allylic oxidation sites excluding steroid dienone is 5. The largest absolute Gasteiger partial charge is 0.461 e. The third-order valence-electron chi connectivity index (χ3n) is 14.1. The van der Waals surface area contributed by atoms with E-state index >= 15 is 0 Å². The standard InChI is InChI=1S/C53H72O10/c1-7-9-11-13-15-16-17-18-19-20-21-23-28-32-44(54)59-36-41-35-42-48-52(37(3)4)47(60-49(57)40-30-26-25-27-31-40)39(6)53(42,43-34-38(5)45(55)51(43,58)46(41)56)63-50(61-48,62-52)33-29-24-22-14-12-10-8-2/h12,14,22,24-27,29-31,33-35,39,42-43,46-48,56,58H,3,7-11,13,15-21,23,28,32,36H2,1-2,4-6H3/b14-12+,24-22+,33-29+/t39-,42+,43+,46+,47+,48+,50?,51+,52-,53+/m0/s1. The van der Waals surface area contributed by atoms with E-state index in [0.29, 0.717) is 17.6 Å². The molecule has 5 aliphatic rings. The second kappa shape index (κ2) is 21.4. The molecule has 1 aromatic rings. The topological polar surface area (TPSA) is 138 Å². The van der Waals surface area contributed by atoms with Crippen molar-refractivity contribution >= 4 is 17.7 Å². The van der Waals surface area contributed by atoms with Gasteiger partial charge in [-0.25, -0.2) is 4.79 Å². The zero-order valence-electron chi connectivity index (χ0n) is 38.4. The Morgan fingerprint density at radius 2 is 1.49 bits per heavy atom. The molecule has 10 heteroatoms. The summed E-state index contributed by atoms with van der Waals surface area (Å²) in [4.78, 5) is 41.4. The Morgan fingerprint density at radius 3 is 2.13 bits per heavy atom. The summed E-state index contributed by atoms with van der Waals surface area (Å²) < 4.78 is 33.3. The molecular formula is C53H72O10. The summed E-state index contributed by atoms with van der Waals surface area (Å²) in [5.74, 6) is -6.35. The molecule has 1 saturated carbocycles. The van der Waals surface area contributed by atoms with Crippen molar-refractivity contribution < 1.29 is 48.3 Å². The van der Waals surface area contributed by atoms with Gasteiger partial charge in [-0.15, -0.1) is 0 Å². The monoisotopic (exact) mass is 869 g/mol. The van der Waals surface area contributed by atoms with Gasteiger partial charge in [-0.1, -0.05) is 172 Å². The average molecular weight is 869 g/mol. The fraction of sp³-hybridized carbons (Fsp3) is 0.604. The van der Waals surface area contributed by atoms with Crippen LogP contribution in [0.25, 0.3) is 0 Å². The Kier molecular flexibility index (Phi) is 16.5. The van der Waals surface area contributed by atoms with Crippen molar-refractivity contribution in [3.8, 4) is 0 Å². The molecule has 2 N–H and O–H groups in total. The first-order chi connectivity index (χ1) is 30.3. The van der Waals surface area contributed by atoms with Crippen LogP contribution < -0.4 is 0 Å². The number of rotatable bonds is 24. The van der Waals surface area contributed by atoms with E-state index in [2.05, 4.69) is 26.5 Å². The summed E-state index contributed by atoms with van der Waals surface area (Å²) in [5, 5.41) is 25.0. The summed E-state index contributed by atoms with van der Waals surface area (Å²) in [6.45, 7) is 13.6. The van der Waals surface area contributed by atoms with Crippen LogP contribution in [0, 0.1) is 17.8 Å². The number of aliphatic hydroxyl groups excluding tert-OH is 1. The third-order valence-corrected chi connectivity index (χ3v) is 14.1. The molecule has 0 aromatic heterocycles. The fourth-order valence-corrected chi connectivity index (χ4v) is 10.7. The molecule has 10 atom stereocenters. The predicted octanol–water partition coefficient (Wildman–Crippen LogP) is 10.3. The molecule has 0 amide bonds. The number of carbonyl (C=O) groups is 3. The van der Waals surface area contributed by atoms with Crippen molar-refractivity contribution in [2.24, 2.45) is 17.8 Å². The average Bonchev–Trinajstić information content (AvgIpc) is 3.64. The minimum Gasteiger partial charge on any atom is -0.461 e. The van der Waals surface area contributed by atoms with Gasteiger partial charge in [0.05, 0.1) is 11.2 Å². The summed E-state index contributed by atoms with van der Waals surface area (Å²) in [6.07, 6.45) is 28.3. The molecule has 2 heterocycles. The first-order valence-corrected chi connectivity index (χ1v) is 23.8. The summed E-state index contributed by atoms with van der Waals surface area (Å²) in [6, 6.07) is 8.62. The number of esters is 2. The third kappa shape index (κ3) is 9.72. The van der Waals surface area contributed by atoms with Gasteiger partial charge in [-0.05, 0) is 55.5 Å². The lowest BCUT2D eigenvalue weighted by Crippen LogP contribution is -2.75. The van der Waals surface area contributed by atoms with Gasteiger partial charge in [0.25, 0.3) is 0 Å². The van der Waals surface area contributed by atoms with E-state index in [4.69, 9.17) is 23.7 Å². The number of hydrogen-bond donors (Lipinski definition) is 2. The second-order valence-corrected chi connectivity index (χ2v) is 18.5. The highest BCUT2D eigenvalue weighted by molar-refractivity contribution is 6.05. The van der Waals surface area contributed by atoms with E-state index < -0.39 is 76.6 Å². The molecule has 63 heavy (non-hydrogen) atoms. The zero-order valence-corrected chi connectivity index (χ0v) is 38.4. The van der Waals surface area contributed by atoms with Gasteiger partial charge in [0.15, 0.2) is 17.0 Å². The van der Waals surface area contributed by atoms with Crippen LogP contribution in [0.15, 0.2) is 102 Å². The minimum atomic E-state index is -2.43. The van der Waals surface area contributed by atoms with E-state index in [1.807, 2.05) is 25.2 Å². The van der Waals surface area contributed by atoms with Crippen LogP contribution in [-0.2, 0) is 33.3 Å². The zero-order chi connectivity index (χ0) is 45.3. The number of aliphatic hydroxyl groups is 2. The van der Waals surface area contributed by atoms with Gasteiger partial charge in [0, 0.05) is 30.3 Å². The molecule has 3 fully saturated rings.